The largest absolute Gasteiger partial charge is 0.296 e. The standard InChI is InChI=1S/C15H17FN4O3S/c1-10-6-14(20(18-10)13-4-2-12(16)3-5-13)19-8-11(7-15(19)21)9-24(17,22)23/h2-6,11H,7-9H2,1H3,(H2,17,22,23). The normalized spacial score (nSPS) is 18.4. The van der Waals surface area contributed by atoms with Crippen molar-refractivity contribution in [3.63, 3.8) is 0 Å². The van der Waals surface area contributed by atoms with E-state index in [-0.39, 0.29) is 36.4 Å². The molecule has 2 aromatic rings. The van der Waals surface area contributed by atoms with Gasteiger partial charge in [-0.1, -0.05) is 0 Å². The van der Waals surface area contributed by atoms with Crippen LogP contribution >= 0.6 is 0 Å². The molecule has 2 heterocycles. The van der Waals surface area contributed by atoms with Crippen molar-refractivity contribution >= 4 is 21.7 Å². The fourth-order valence-electron chi connectivity index (χ4n) is 2.89. The summed E-state index contributed by atoms with van der Waals surface area (Å²) in [6.45, 7) is 2.04. The molecule has 0 aliphatic carbocycles. The number of nitrogens with two attached hydrogens (primary N) is 1. The van der Waals surface area contributed by atoms with Crippen molar-refractivity contribution < 1.29 is 17.6 Å². The Morgan fingerprint density at radius 3 is 2.62 bits per heavy atom. The first-order chi connectivity index (χ1) is 11.2. The predicted octanol–water partition coefficient (Wildman–Crippen LogP) is 0.961. The Hall–Kier alpha value is -2.26. The molecule has 9 heteroatoms. The van der Waals surface area contributed by atoms with Crippen LogP contribution in [-0.2, 0) is 14.8 Å². The second-order valence-electron chi connectivity index (χ2n) is 5.94. The molecule has 1 aromatic carbocycles. The Labute approximate surface area is 138 Å². The van der Waals surface area contributed by atoms with E-state index in [1.165, 1.54) is 17.0 Å². The zero-order valence-corrected chi connectivity index (χ0v) is 13.8. The maximum Gasteiger partial charge on any atom is 0.228 e. The Bertz CT molecular complexity index is 877. The van der Waals surface area contributed by atoms with Gasteiger partial charge < -0.3 is 0 Å². The quantitative estimate of drug-likeness (QED) is 0.886. The maximum atomic E-state index is 13.1. The third-order valence-electron chi connectivity index (χ3n) is 3.83. The van der Waals surface area contributed by atoms with Gasteiger partial charge in [-0.15, -0.1) is 0 Å². The van der Waals surface area contributed by atoms with Crippen molar-refractivity contribution in [3.05, 3.63) is 41.8 Å². The minimum absolute atomic E-state index is 0.115. The van der Waals surface area contributed by atoms with Crippen LogP contribution in [-0.4, -0.2) is 36.4 Å². The molecule has 2 N–H and O–H groups in total. The molecule has 7 nitrogen and oxygen atoms in total. The van der Waals surface area contributed by atoms with Gasteiger partial charge in [-0.25, -0.2) is 22.6 Å². The number of nitrogens with zero attached hydrogens (tertiary/aromatic N) is 3. The summed E-state index contributed by atoms with van der Waals surface area (Å²) in [7, 11) is -3.64. The number of sulfonamides is 1. The third-order valence-corrected chi connectivity index (χ3v) is 4.77. The van der Waals surface area contributed by atoms with Crippen LogP contribution in [0.3, 0.4) is 0 Å². The molecule has 0 bridgehead atoms. The number of halogens is 1. The SMILES string of the molecule is Cc1cc(N2CC(CS(N)(=O)=O)CC2=O)n(-c2ccc(F)cc2)n1. The van der Waals surface area contributed by atoms with Gasteiger partial charge in [0.2, 0.25) is 15.9 Å². The molecule has 0 saturated carbocycles. The van der Waals surface area contributed by atoms with Gasteiger partial charge in [0.15, 0.2) is 0 Å². The van der Waals surface area contributed by atoms with Gasteiger partial charge in [0.05, 0.1) is 17.1 Å². The highest BCUT2D eigenvalue weighted by molar-refractivity contribution is 7.89. The van der Waals surface area contributed by atoms with Crippen LogP contribution in [0.15, 0.2) is 30.3 Å². The van der Waals surface area contributed by atoms with Crippen LogP contribution in [0.4, 0.5) is 10.2 Å². The molecular formula is C15H17FN4O3S. The monoisotopic (exact) mass is 352 g/mol. The van der Waals surface area contributed by atoms with Crippen LogP contribution in [0.5, 0.6) is 0 Å². The first-order valence-electron chi connectivity index (χ1n) is 7.36. The van der Waals surface area contributed by atoms with Crippen molar-refractivity contribution in [1.29, 1.82) is 0 Å². The summed E-state index contributed by atoms with van der Waals surface area (Å²) in [5, 5.41) is 9.42. The molecule has 1 aromatic heterocycles. The smallest absolute Gasteiger partial charge is 0.228 e. The molecule has 1 aliphatic rings. The van der Waals surface area contributed by atoms with Crippen molar-refractivity contribution in [2.45, 2.75) is 13.3 Å². The summed E-state index contributed by atoms with van der Waals surface area (Å²) >= 11 is 0. The topological polar surface area (TPSA) is 98.3 Å². The van der Waals surface area contributed by atoms with Gasteiger partial charge in [0.25, 0.3) is 0 Å². The van der Waals surface area contributed by atoms with E-state index in [1.54, 1.807) is 29.8 Å². The van der Waals surface area contributed by atoms with E-state index in [4.69, 9.17) is 5.14 Å². The first kappa shape index (κ1) is 16.6. The molecule has 24 heavy (non-hydrogen) atoms. The van der Waals surface area contributed by atoms with Crippen LogP contribution in [0, 0.1) is 18.7 Å². The van der Waals surface area contributed by atoms with E-state index < -0.39 is 10.0 Å². The van der Waals surface area contributed by atoms with Gasteiger partial charge in [-0.2, -0.15) is 5.10 Å². The van der Waals surface area contributed by atoms with Gasteiger partial charge in [-0.3, -0.25) is 9.69 Å². The molecule has 0 radical (unpaired) electrons. The second-order valence-corrected chi connectivity index (χ2v) is 7.60. The molecule has 1 aliphatic heterocycles. The van der Waals surface area contributed by atoms with E-state index in [0.29, 0.717) is 17.2 Å². The van der Waals surface area contributed by atoms with E-state index in [0.717, 1.165) is 0 Å². The van der Waals surface area contributed by atoms with Crippen LogP contribution in [0.2, 0.25) is 0 Å². The van der Waals surface area contributed by atoms with Crippen LogP contribution in [0.1, 0.15) is 12.1 Å². The van der Waals surface area contributed by atoms with Crippen molar-refractivity contribution in [2.75, 3.05) is 17.2 Å². The second kappa shape index (κ2) is 5.99. The molecule has 1 atom stereocenters. The summed E-state index contributed by atoms with van der Waals surface area (Å²) in [4.78, 5) is 13.8. The predicted molar refractivity (Wildman–Crippen MR) is 86.7 cm³/mol. The average molecular weight is 352 g/mol. The highest BCUT2D eigenvalue weighted by Gasteiger charge is 2.34. The Morgan fingerprint density at radius 1 is 1.33 bits per heavy atom. The van der Waals surface area contributed by atoms with Crippen LogP contribution in [0.25, 0.3) is 5.69 Å². The minimum atomic E-state index is -3.64. The third kappa shape index (κ3) is 3.46. The number of rotatable bonds is 4. The number of amides is 1. The zero-order valence-electron chi connectivity index (χ0n) is 13.0. The first-order valence-corrected chi connectivity index (χ1v) is 9.08. The molecule has 1 saturated heterocycles. The number of anilines is 1. The fraction of sp³-hybridized carbons (Fsp3) is 0.333. The lowest BCUT2D eigenvalue weighted by Crippen LogP contribution is -2.29. The molecule has 1 unspecified atom stereocenters. The number of hydrogen-bond donors (Lipinski definition) is 1. The highest BCUT2D eigenvalue weighted by Crippen LogP contribution is 2.28. The molecule has 3 rings (SSSR count). The number of carbonyl (C=O) groups excluding carboxylic acids is 1. The van der Waals surface area contributed by atoms with Crippen LogP contribution < -0.4 is 10.0 Å². The average Bonchev–Trinajstić information content (AvgIpc) is 3.01. The van der Waals surface area contributed by atoms with E-state index in [2.05, 4.69) is 5.10 Å². The van der Waals surface area contributed by atoms with Gasteiger partial charge in [0.1, 0.15) is 11.6 Å². The molecule has 1 amide bonds. The number of carbonyl (C=O) groups is 1. The number of hydrogen-bond acceptors (Lipinski definition) is 4. The summed E-state index contributed by atoms with van der Waals surface area (Å²) in [5.41, 5.74) is 1.30. The van der Waals surface area contributed by atoms with E-state index >= 15 is 0 Å². The zero-order chi connectivity index (χ0) is 17.5. The van der Waals surface area contributed by atoms with Crippen molar-refractivity contribution in [2.24, 2.45) is 11.1 Å². The van der Waals surface area contributed by atoms with Crippen molar-refractivity contribution in [1.82, 2.24) is 9.78 Å². The lowest BCUT2D eigenvalue weighted by molar-refractivity contribution is -0.117. The number of benzene rings is 1. The lowest BCUT2D eigenvalue weighted by Gasteiger charge is -2.18. The summed E-state index contributed by atoms with van der Waals surface area (Å²) < 4.78 is 37.2. The minimum Gasteiger partial charge on any atom is -0.296 e. The summed E-state index contributed by atoms with van der Waals surface area (Å²) in [6, 6.07) is 7.49. The summed E-state index contributed by atoms with van der Waals surface area (Å²) in [5.74, 6) is -0.620. The Morgan fingerprint density at radius 2 is 2.00 bits per heavy atom. The number of aromatic nitrogens is 2. The molecule has 128 valence electrons. The lowest BCUT2D eigenvalue weighted by atomic mass is 10.1. The number of aryl methyl sites for hydroxylation is 1. The van der Waals surface area contributed by atoms with Crippen molar-refractivity contribution in [3.8, 4) is 5.69 Å². The van der Waals surface area contributed by atoms with E-state index in [9.17, 15) is 17.6 Å². The van der Waals surface area contributed by atoms with Gasteiger partial charge in [0, 0.05) is 24.9 Å². The van der Waals surface area contributed by atoms with E-state index in [1.807, 2.05) is 0 Å². The molecule has 0 spiro atoms. The van der Waals surface area contributed by atoms with Gasteiger partial charge in [-0.05, 0) is 31.2 Å². The fourth-order valence-corrected chi connectivity index (χ4v) is 3.77. The number of primary sulfonamides is 1. The summed E-state index contributed by atoms with van der Waals surface area (Å²) in [6.07, 6.45) is 0.115. The highest BCUT2D eigenvalue weighted by atomic mass is 32.2. The van der Waals surface area contributed by atoms with Gasteiger partial charge >= 0.3 is 0 Å². The molecule has 1 fully saturated rings. The molecular weight excluding hydrogens is 335 g/mol. The Balaban J connectivity index is 1.93. The Kier molecular flexibility index (Phi) is 4.14. The maximum absolute atomic E-state index is 13.1.